The fourth-order valence-electron chi connectivity index (χ4n) is 1.86. The maximum atomic E-state index is 13.4. The summed E-state index contributed by atoms with van der Waals surface area (Å²) in [6.45, 7) is 5.90. The summed E-state index contributed by atoms with van der Waals surface area (Å²) in [6, 6.07) is 0. The average molecular weight is 226 g/mol. The molecule has 0 saturated carbocycles. The van der Waals surface area contributed by atoms with Gasteiger partial charge >= 0.3 is 0 Å². The molecule has 0 radical (unpaired) electrons. The molecule has 1 N–H and O–H groups in total. The third-order valence-electron chi connectivity index (χ3n) is 2.85. The van der Waals surface area contributed by atoms with Gasteiger partial charge in [-0.05, 0) is 44.5 Å². The van der Waals surface area contributed by atoms with Crippen LogP contribution in [0.15, 0.2) is 23.6 Å². The van der Waals surface area contributed by atoms with Crippen molar-refractivity contribution in [2.75, 3.05) is 27.3 Å². The first-order valence-corrected chi connectivity index (χ1v) is 5.91. The van der Waals surface area contributed by atoms with Crippen LogP contribution in [0.25, 0.3) is 0 Å². The Morgan fingerprint density at radius 3 is 2.75 bits per heavy atom. The number of hydrogen-bond donors (Lipinski definition) is 1. The molecule has 1 atom stereocenters. The van der Waals surface area contributed by atoms with Crippen molar-refractivity contribution in [3.05, 3.63) is 23.6 Å². The fourth-order valence-corrected chi connectivity index (χ4v) is 1.86. The van der Waals surface area contributed by atoms with Crippen molar-refractivity contribution >= 4 is 0 Å². The van der Waals surface area contributed by atoms with E-state index in [-0.39, 0.29) is 5.83 Å². The van der Waals surface area contributed by atoms with E-state index in [4.69, 9.17) is 0 Å². The molecule has 0 aromatic heterocycles. The first kappa shape index (κ1) is 13.4. The van der Waals surface area contributed by atoms with Crippen molar-refractivity contribution in [3.63, 3.8) is 0 Å². The van der Waals surface area contributed by atoms with Crippen molar-refractivity contribution < 1.29 is 4.39 Å². The molecule has 1 rings (SSSR count). The maximum Gasteiger partial charge on any atom is 0.119 e. The molecular formula is C13H23FN2. The molecular weight excluding hydrogens is 203 g/mol. The van der Waals surface area contributed by atoms with Crippen LogP contribution in [0.2, 0.25) is 0 Å². The van der Waals surface area contributed by atoms with Crippen molar-refractivity contribution in [3.8, 4) is 0 Å². The Labute approximate surface area is 98.2 Å². The largest absolute Gasteiger partial charge is 0.301 e. The number of nitrogens with one attached hydrogen (secondary N) is 1. The number of halogens is 1. The van der Waals surface area contributed by atoms with Crippen LogP contribution in [0, 0.1) is 11.8 Å². The normalized spacial score (nSPS) is 21.3. The lowest BCUT2D eigenvalue weighted by atomic mass is 9.85. The molecule has 0 aromatic carbocycles. The van der Waals surface area contributed by atoms with Gasteiger partial charge in [0.2, 0.25) is 0 Å². The minimum atomic E-state index is -0.0772. The SMILES string of the molecule is CC(C)C1C=C(F)C=C(CNCN(C)C)C1. The summed E-state index contributed by atoms with van der Waals surface area (Å²) in [5.74, 6) is 0.774. The summed E-state index contributed by atoms with van der Waals surface area (Å²) < 4.78 is 13.4. The molecule has 0 spiro atoms. The van der Waals surface area contributed by atoms with Gasteiger partial charge in [-0.1, -0.05) is 19.4 Å². The Morgan fingerprint density at radius 1 is 1.50 bits per heavy atom. The van der Waals surface area contributed by atoms with Gasteiger partial charge in [0.15, 0.2) is 0 Å². The number of rotatable bonds is 5. The summed E-state index contributed by atoms with van der Waals surface area (Å²) in [5.41, 5.74) is 1.17. The van der Waals surface area contributed by atoms with Crippen molar-refractivity contribution in [2.24, 2.45) is 11.8 Å². The highest BCUT2D eigenvalue weighted by molar-refractivity contribution is 5.25. The highest BCUT2D eigenvalue weighted by atomic mass is 19.1. The van der Waals surface area contributed by atoms with E-state index in [0.29, 0.717) is 11.8 Å². The molecule has 1 aliphatic rings. The van der Waals surface area contributed by atoms with Crippen molar-refractivity contribution in [2.45, 2.75) is 20.3 Å². The molecule has 0 amide bonds. The molecule has 3 heteroatoms. The van der Waals surface area contributed by atoms with Gasteiger partial charge in [-0.25, -0.2) is 4.39 Å². The quantitative estimate of drug-likeness (QED) is 0.725. The van der Waals surface area contributed by atoms with Gasteiger partial charge < -0.3 is 5.32 Å². The minimum Gasteiger partial charge on any atom is -0.301 e. The molecule has 0 bridgehead atoms. The number of hydrogen-bond acceptors (Lipinski definition) is 2. The Morgan fingerprint density at radius 2 is 2.19 bits per heavy atom. The molecule has 1 unspecified atom stereocenters. The van der Waals surface area contributed by atoms with Crippen LogP contribution in [0.1, 0.15) is 20.3 Å². The van der Waals surface area contributed by atoms with E-state index in [1.54, 1.807) is 12.2 Å². The first-order chi connectivity index (χ1) is 7.49. The fraction of sp³-hybridized carbons (Fsp3) is 0.692. The predicted molar refractivity (Wildman–Crippen MR) is 66.8 cm³/mol. The molecule has 16 heavy (non-hydrogen) atoms. The standard InChI is InChI=1S/C13H23FN2/c1-10(2)12-5-11(6-13(14)7-12)8-15-9-16(3)4/h6-7,10,12,15H,5,8-9H2,1-4H3. The van der Waals surface area contributed by atoms with Gasteiger partial charge in [-0.3, -0.25) is 4.90 Å². The summed E-state index contributed by atoms with van der Waals surface area (Å²) in [5, 5.41) is 3.30. The monoisotopic (exact) mass is 226 g/mol. The molecule has 0 aliphatic heterocycles. The van der Waals surface area contributed by atoms with Gasteiger partial charge in [0.05, 0.1) is 0 Å². The van der Waals surface area contributed by atoms with E-state index >= 15 is 0 Å². The van der Waals surface area contributed by atoms with Gasteiger partial charge in [0.1, 0.15) is 5.83 Å². The number of allylic oxidation sites excluding steroid dienone is 3. The second kappa shape index (κ2) is 6.16. The summed E-state index contributed by atoms with van der Waals surface area (Å²) in [6.07, 6.45) is 4.40. The van der Waals surface area contributed by atoms with Crippen LogP contribution >= 0.6 is 0 Å². The smallest absolute Gasteiger partial charge is 0.119 e. The van der Waals surface area contributed by atoms with E-state index in [2.05, 4.69) is 24.1 Å². The Bertz CT molecular complexity index is 280. The van der Waals surface area contributed by atoms with Crippen LogP contribution < -0.4 is 5.32 Å². The molecule has 0 aromatic rings. The third-order valence-corrected chi connectivity index (χ3v) is 2.85. The summed E-state index contributed by atoms with van der Waals surface area (Å²) >= 11 is 0. The zero-order chi connectivity index (χ0) is 12.1. The summed E-state index contributed by atoms with van der Waals surface area (Å²) in [4.78, 5) is 2.06. The van der Waals surface area contributed by atoms with Crippen LogP contribution in [-0.4, -0.2) is 32.2 Å². The Balaban J connectivity index is 2.45. The molecule has 92 valence electrons. The molecule has 1 aliphatic carbocycles. The zero-order valence-corrected chi connectivity index (χ0v) is 10.8. The second-order valence-corrected chi connectivity index (χ2v) is 5.13. The van der Waals surface area contributed by atoms with Crippen LogP contribution in [0.4, 0.5) is 4.39 Å². The lowest BCUT2D eigenvalue weighted by molar-refractivity contribution is 0.370. The van der Waals surface area contributed by atoms with E-state index in [0.717, 1.165) is 19.6 Å². The van der Waals surface area contributed by atoms with E-state index in [1.807, 2.05) is 14.1 Å². The molecule has 0 heterocycles. The van der Waals surface area contributed by atoms with Gasteiger partial charge in [0.25, 0.3) is 0 Å². The van der Waals surface area contributed by atoms with Gasteiger partial charge in [0, 0.05) is 13.2 Å². The van der Waals surface area contributed by atoms with E-state index in [1.165, 1.54) is 5.57 Å². The highest BCUT2D eigenvalue weighted by Crippen LogP contribution is 2.28. The minimum absolute atomic E-state index is 0.0772. The molecule has 0 saturated heterocycles. The highest BCUT2D eigenvalue weighted by Gasteiger charge is 2.18. The molecule has 2 nitrogen and oxygen atoms in total. The average Bonchev–Trinajstić information content (AvgIpc) is 2.16. The zero-order valence-electron chi connectivity index (χ0n) is 10.8. The molecule has 0 fully saturated rings. The third kappa shape index (κ3) is 4.45. The first-order valence-electron chi connectivity index (χ1n) is 5.91. The van der Waals surface area contributed by atoms with Gasteiger partial charge in [-0.2, -0.15) is 0 Å². The summed E-state index contributed by atoms with van der Waals surface area (Å²) in [7, 11) is 4.03. The Hall–Kier alpha value is -0.670. The predicted octanol–water partition coefficient (Wildman–Crippen LogP) is 2.55. The van der Waals surface area contributed by atoms with Crippen molar-refractivity contribution in [1.82, 2.24) is 10.2 Å². The van der Waals surface area contributed by atoms with Crippen LogP contribution in [0.3, 0.4) is 0 Å². The van der Waals surface area contributed by atoms with E-state index in [9.17, 15) is 4.39 Å². The van der Waals surface area contributed by atoms with Crippen molar-refractivity contribution in [1.29, 1.82) is 0 Å². The lowest BCUT2D eigenvalue weighted by Crippen LogP contribution is -2.30. The number of nitrogens with zero attached hydrogens (tertiary/aromatic N) is 1. The lowest BCUT2D eigenvalue weighted by Gasteiger charge is -2.23. The Kier molecular flexibility index (Phi) is 5.16. The maximum absolute atomic E-state index is 13.4. The topological polar surface area (TPSA) is 15.3 Å². The van der Waals surface area contributed by atoms with Crippen LogP contribution in [-0.2, 0) is 0 Å². The van der Waals surface area contributed by atoms with E-state index < -0.39 is 0 Å². The van der Waals surface area contributed by atoms with Gasteiger partial charge in [-0.15, -0.1) is 0 Å². The van der Waals surface area contributed by atoms with Crippen LogP contribution in [0.5, 0.6) is 0 Å². The second-order valence-electron chi connectivity index (χ2n) is 5.13.